The third-order valence-corrected chi connectivity index (χ3v) is 5.89. The second-order valence-electron chi connectivity index (χ2n) is 7.78. The van der Waals surface area contributed by atoms with E-state index in [-0.39, 0.29) is 17.0 Å². The maximum absolute atomic E-state index is 14.7. The lowest BCUT2D eigenvalue weighted by molar-refractivity contribution is 0.304. The zero-order chi connectivity index (χ0) is 19.6. The van der Waals surface area contributed by atoms with Crippen molar-refractivity contribution in [3.63, 3.8) is 0 Å². The molecule has 1 aliphatic carbocycles. The van der Waals surface area contributed by atoms with Gasteiger partial charge in [-0.3, -0.25) is 0 Å². The summed E-state index contributed by atoms with van der Waals surface area (Å²) in [5.41, 5.74) is -0.140. The molecule has 0 nitrogen and oxygen atoms in total. The molecule has 146 valence electrons. The van der Waals surface area contributed by atoms with Crippen LogP contribution < -0.4 is 0 Å². The van der Waals surface area contributed by atoms with Crippen LogP contribution in [0.5, 0.6) is 0 Å². The van der Waals surface area contributed by atoms with Crippen LogP contribution >= 0.6 is 0 Å². The molecule has 0 bridgehead atoms. The van der Waals surface area contributed by atoms with Gasteiger partial charge in [0, 0.05) is 5.56 Å². The highest BCUT2D eigenvalue weighted by molar-refractivity contribution is 5.66. The first-order chi connectivity index (χ1) is 12.9. The topological polar surface area (TPSA) is 0 Å². The van der Waals surface area contributed by atoms with Gasteiger partial charge in [-0.25, -0.2) is 17.6 Å². The van der Waals surface area contributed by atoms with Crippen molar-refractivity contribution in [1.29, 1.82) is 0 Å². The minimum Gasteiger partial charge on any atom is -0.206 e. The number of hydrogen-bond donors (Lipinski definition) is 0. The molecule has 0 amide bonds. The predicted octanol–water partition coefficient (Wildman–Crippen LogP) is 7.68. The molecule has 1 fully saturated rings. The Morgan fingerprint density at radius 3 is 2.22 bits per heavy atom. The molecule has 2 aromatic rings. The highest BCUT2D eigenvalue weighted by atomic mass is 19.2. The SMILES string of the molecule is CCCC[C@H]1CC[C@H](c2ccc(-c3c(F)cc(C)c(F)c3F)c(F)c2)CC1. The van der Waals surface area contributed by atoms with Crippen LogP contribution in [0, 0.1) is 36.1 Å². The zero-order valence-corrected chi connectivity index (χ0v) is 15.9. The number of aryl methyl sites for hydroxylation is 1. The largest absolute Gasteiger partial charge is 0.206 e. The summed E-state index contributed by atoms with van der Waals surface area (Å²) in [5.74, 6) is -3.10. The highest BCUT2D eigenvalue weighted by Gasteiger charge is 2.25. The van der Waals surface area contributed by atoms with Crippen molar-refractivity contribution in [2.75, 3.05) is 0 Å². The molecule has 3 rings (SSSR count). The molecular formula is C23H26F4. The standard InChI is InChI=1S/C23H26F4/c1-3-4-5-15-6-8-16(9-7-15)17-10-11-18(19(24)13-17)21-20(25)12-14(2)22(26)23(21)27/h10-13,15-16H,3-9H2,1-2H3/t15-,16-. The van der Waals surface area contributed by atoms with E-state index in [1.54, 1.807) is 6.07 Å². The van der Waals surface area contributed by atoms with Gasteiger partial charge in [-0.1, -0.05) is 38.3 Å². The third-order valence-electron chi connectivity index (χ3n) is 5.89. The molecule has 0 atom stereocenters. The quantitative estimate of drug-likeness (QED) is 0.370. The predicted molar refractivity (Wildman–Crippen MR) is 101 cm³/mol. The maximum Gasteiger partial charge on any atom is 0.169 e. The number of unbranched alkanes of at least 4 members (excludes halogenated alkanes) is 1. The summed E-state index contributed by atoms with van der Waals surface area (Å²) in [4.78, 5) is 0. The van der Waals surface area contributed by atoms with Crippen LogP contribution in [0.4, 0.5) is 17.6 Å². The third kappa shape index (κ3) is 4.20. The van der Waals surface area contributed by atoms with Crippen LogP contribution in [0.2, 0.25) is 0 Å². The molecule has 2 aromatic carbocycles. The molecule has 1 saturated carbocycles. The molecule has 0 heterocycles. The summed E-state index contributed by atoms with van der Waals surface area (Å²) in [6, 6.07) is 5.37. The molecule has 0 N–H and O–H groups in total. The van der Waals surface area contributed by atoms with Crippen LogP contribution in [0.25, 0.3) is 11.1 Å². The fraction of sp³-hybridized carbons (Fsp3) is 0.478. The van der Waals surface area contributed by atoms with E-state index in [4.69, 9.17) is 0 Å². The summed E-state index contributed by atoms with van der Waals surface area (Å²) in [6.45, 7) is 3.48. The van der Waals surface area contributed by atoms with Gasteiger partial charge in [0.1, 0.15) is 11.6 Å². The summed E-state index contributed by atoms with van der Waals surface area (Å²) >= 11 is 0. The Balaban J connectivity index is 1.81. The van der Waals surface area contributed by atoms with Crippen LogP contribution in [-0.2, 0) is 0 Å². The molecule has 0 saturated heterocycles. The molecule has 27 heavy (non-hydrogen) atoms. The molecular weight excluding hydrogens is 352 g/mol. The number of benzene rings is 2. The van der Waals surface area contributed by atoms with Crippen molar-refractivity contribution in [2.24, 2.45) is 5.92 Å². The Hall–Kier alpha value is -1.84. The lowest BCUT2D eigenvalue weighted by atomic mass is 9.77. The van der Waals surface area contributed by atoms with E-state index in [0.29, 0.717) is 0 Å². The van der Waals surface area contributed by atoms with Gasteiger partial charge in [0.25, 0.3) is 0 Å². The second kappa shape index (κ2) is 8.45. The normalized spacial score (nSPS) is 20.1. The molecule has 0 spiro atoms. The monoisotopic (exact) mass is 378 g/mol. The number of halogens is 4. The van der Waals surface area contributed by atoms with Gasteiger partial charge < -0.3 is 0 Å². The van der Waals surface area contributed by atoms with Crippen LogP contribution in [0.1, 0.15) is 68.9 Å². The molecule has 1 aliphatic rings. The number of rotatable bonds is 5. The van der Waals surface area contributed by atoms with Gasteiger partial charge in [-0.05, 0) is 67.7 Å². The van der Waals surface area contributed by atoms with Gasteiger partial charge in [-0.2, -0.15) is 0 Å². The van der Waals surface area contributed by atoms with E-state index >= 15 is 0 Å². The van der Waals surface area contributed by atoms with E-state index in [9.17, 15) is 17.6 Å². The smallest absolute Gasteiger partial charge is 0.169 e. The van der Waals surface area contributed by atoms with Crippen molar-refractivity contribution < 1.29 is 17.6 Å². The first-order valence-electron chi connectivity index (χ1n) is 9.86. The Bertz CT molecular complexity index is 805. The first-order valence-corrected chi connectivity index (χ1v) is 9.86. The van der Waals surface area contributed by atoms with Crippen LogP contribution in [-0.4, -0.2) is 0 Å². The molecule has 0 unspecified atom stereocenters. The lowest BCUT2D eigenvalue weighted by Gasteiger charge is -2.29. The molecule has 0 radical (unpaired) electrons. The Labute approximate surface area is 158 Å². The summed E-state index contributed by atoms with van der Waals surface area (Å²) in [5, 5.41) is 0. The fourth-order valence-corrected chi connectivity index (χ4v) is 4.23. The van der Waals surface area contributed by atoms with E-state index in [1.165, 1.54) is 38.3 Å². The van der Waals surface area contributed by atoms with E-state index < -0.39 is 28.8 Å². The number of hydrogen-bond acceptors (Lipinski definition) is 0. The summed E-state index contributed by atoms with van der Waals surface area (Å²) in [7, 11) is 0. The molecule has 4 heteroatoms. The zero-order valence-electron chi connectivity index (χ0n) is 15.9. The van der Waals surface area contributed by atoms with Crippen LogP contribution in [0.3, 0.4) is 0 Å². The van der Waals surface area contributed by atoms with Crippen LogP contribution in [0.15, 0.2) is 24.3 Å². The Morgan fingerprint density at radius 2 is 1.59 bits per heavy atom. The fourth-order valence-electron chi connectivity index (χ4n) is 4.23. The lowest BCUT2D eigenvalue weighted by Crippen LogP contribution is -2.13. The van der Waals surface area contributed by atoms with Gasteiger partial charge in [0.15, 0.2) is 11.6 Å². The minimum atomic E-state index is -1.34. The Kier molecular flexibility index (Phi) is 6.23. The van der Waals surface area contributed by atoms with Gasteiger partial charge in [0.2, 0.25) is 0 Å². The van der Waals surface area contributed by atoms with E-state index in [1.807, 2.05) is 0 Å². The first kappa shape index (κ1) is 19.9. The van der Waals surface area contributed by atoms with Gasteiger partial charge in [-0.15, -0.1) is 0 Å². The minimum absolute atomic E-state index is 0.134. The second-order valence-corrected chi connectivity index (χ2v) is 7.78. The Morgan fingerprint density at radius 1 is 0.889 bits per heavy atom. The van der Waals surface area contributed by atoms with Gasteiger partial charge in [0.05, 0.1) is 5.56 Å². The average Bonchev–Trinajstić information content (AvgIpc) is 2.66. The molecule has 0 aromatic heterocycles. The highest BCUT2D eigenvalue weighted by Crippen LogP contribution is 2.39. The van der Waals surface area contributed by atoms with Crippen molar-refractivity contribution in [3.8, 4) is 11.1 Å². The van der Waals surface area contributed by atoms with Crippen molar-refractivity contribution in [2.45, 2.75) is 64.7 Å². The van der Waals surface area contributed by atoms with Gasteiger partial charge >= 0.3 is 0 Å². The molecule has 0 aliphatic heterocycles. The van der Waals surface area contributed by atoms with Crippen molar-refractivity contribution in [3.05, 3.63) is 58.7 Å². The van der Waals surface area contributed by atoms with E-state index in [0.717, 1.165) is 43.2 Å². The van der Waals surface area contributed by atoms with E-state index in [2.05, 4.69) is 6.92 Å². The van der Waals surface area contributed by atoms with Crippen molar-refractivity contribution >= 4 is 0 Å². The maximum atomic E-state index is 14.7. The summed E-state index contributed by atoms with van der Waals surface area (Å²) in [6.07, 6.45) is 8.02. The van der Waals surface area contributed by atoms with Crippen molar-refractivity contribution in [1.82, 2.24) is 0 Å². The average molecular weight is 378 g/mol. The summed E-state index contributed by atoms with van der Waals surface area (Å²) < 4.78 is 56.9.